The molecule has 3 heteroatoms. The van der Waals surface area contributed by atoms with Crippen molar-refractivity contribution in [2.45, 2.75) is 19.9 Å². The standard InChI is InChI=1S/C8H11N3/c1-2-8-10-6-7-5-9-3-4-11(7)8/h5-6H,2-4H2,1H3. The fraction of sp³-hybridized carbons (Fsp3) is 0.500. The van der Waals surface area contributed by atoms with Crippen LogP contribution in [0, 0.1) is 0 Å². The highest BCUT2D eigenvalue weighted by atomic mass is 15.1. The van der Waals surface area contributed by atoms with Crippen molar-refractivity contribution in [2.75, 3.05) is 6.54 Å². The van der Waals surface area contributed by atoms with Crippen molar-refractivity contribution in [3.05, 3.63) is 17.7 Å². The van der Waals surface area contributed by atoms with Crippen LogP contribution in [0.15, 0.2) is 11.2 Å². The van der Waals surface area contributed by atoms with Crippen LogP contribution in [0.25, 0.3) is 0 Å². The van der Waals surface area contributed by atoms with Crippen LogP contribution in [-0.2, 0) is 13.0 Å². The van der Waals surface area contributed by atoms with Crippen molar-refractivity contribution in [3.63, 3.8) is 0 Å². The summed E-state index contributed by atoms with van der Waals surface area (Å²) in [6.45, 7) is 4.02. The summed E-state index contributed by atoms with van der Waals surface area (Å²) in [5, 5.41) is 0. The van der Waals surface area contributed by atoms with Gasteiger partial charge in [-0.1, -0.05) is 6.92 Å². The Kier molecular flexibility index (Phi) is 1.49. The molecule has 1 aromatic rings. The lowest BCUT2D eigenvalue weighted by Gasteiger charge is -2.10. The summed E-state index contributed by atoms with van der Waals surface area (Å²) in [6.07, 6.45) is 4.80. The van der Waals surface area contributed by atoms with E-state index in [1.54, 1.807) is 0 Å². The summed E-state index contributed by atoms with van der Waals surface area (Å²) in [7, 11) is 0. The number of aryl methyl sites for hydroxylation is 1. The predicted octanol–water partition coefficient (Wildman–Crippen LogP) is 0.878. The third kappa shape index (κ3) is 0.964. The summed E-state index contributed by atoms with van der Waals surface area (Å²) in [5.74, 6) is 1.17. The van der Waals surface area contributed by atoms with Gasteiger partial charge in [0.15, 0.2) is 0 Å². The predicted molar refractivity (Wildman–Crippen MR) is 44.1 cm³/mol. The van der Waals surface area contributed by atoms with Crippen LogP contribution in [0.2, 0.25) is 0 Å². The quantitative estimate of drug-likeness (QED) is 0.583. The normalized spacial score (nSPS) is 15.0. The number of hydrogen-bond donors (Lipinski definition) is 0. The van der Waals surface area contributed by atoms with Crippen LogP contribution in [0.5, 0.6) is 0 Å². The molecule has 58 valence electrons. The molecule has 0 unspecified atom stereocenters. The third-order valence-electron chi connectivity index (χ3n) is 1.96. The number of rotatable bonds is 1. The molecule has 0 fully saturated rings. The molecule has 0 spiro atoms. The van der Waals surface area contributed by atoms with Crippen LogP contribution >= 0.6 is 0 Å². The molecule has 0 aliphatic carbocycles. The van der Waals surface area contributed by atoms with E-state index in [1.807, 2.05) is 12.4 Å². The molecule has 0 bridgehead atoms. The van der Waals surface area contributed by atoms with E-state index in [0.29, 0.717) is 0 Å². The Morgan fingerprint density at radius 1 is 1.64 bits per heavy atom. The van der Waals surface area contributed by atoms with Crippen LogP contribution in [0.3, 0.4) is 0 Å². The largest absolute Gasteiger partial charge is 0.325 e. The number of imidazole rings is 1. The molecule has 1 aromatic heterocycles. The van der Waals surface area contributed by atoms with Gasteiger partial charge in [0.1, 0.15) is 5.82 Å². The summed E-state index contributed by atoms with van der Waals surface area (Å²) >= 11 is 0. The van der Waals surface area contributed by atoms with E-state index in [0.717, 1.165) is 25.2 Å². The second-order valence-electron chi connectivity index (χ2n) is 2.64. The van der Waals surface area contributed by atoms with Gasteiger partial charge in [-0.25, -0.2) is 4.98 Å². The lowest BCUT2D eigenvalue weighted by Crippen LogP contribution is -2.12. The second kappa shape index (κ2) is 2.49. The molecule has 0 N–H and O–H groups in total. The van der Waals surface area contributed by atoms with Gasteiger partial charge in [0.25, 0.3) is 0 Å². The van der Waals surface area contributed by atoms with E-state index in [9.17, 15) is 0 Å². The second-order valence-corrected chi connectivity index (χ2v) is 2.64. The molecule has 0 aromatic carbocycles. The Balaban J connectivity index is 2.47. The fourth-order valence-electron chi connectivity index (χ4n) is 1.39. The highest BCUT2D eigenvalue weighted by molar-refractivity contribution is 5.77. The van der Waals surface area contributed by atoms with Gasteiger partial charge < -0.3 is 4.57 Å². The maximum Gasteiger partial charge on any atom is 0.108 e. The Morgan fingerprint density at radius 3 is 3.36 bits per heavy atom. The van der Waals surface area contributed by atoms with Crippen molar-refractivity contribution in [3.8, 4) is 0 Å². The molecular weight excluding hydrogens is 138 g/mol. The van der Waals surface area contributed by atoms with Crippen molar-refractivity contribution < 1.29 is 0 Å². The maximum absolute atomic E-state index is 4.29. The first-order chi connectivity index (χ1) is 5.42. The molecule has 11 heavy (non-hydrogen) atoms. The first-order valence-corrected chi connectivity index (χ1v) is 3.96. The Hall–Kier alpha value is -1.12. The minimum atomic E-state index is 0.899. The van der Waals surface area contributed by atoms with E-state index in [4.69, 9.17) is 0 Å². The molecule has 2 rings (SSSR count). The molecular formula is C8H11N3. The van der Waals surface area contributed by atoms with Gasteiger partial charge in [0, 0.05) is 19.2 Å². The van der Waals surface area contributed by atoms with Gasteiger partial charge in [-0.05, 0) is 0 Å². The third-order valence-corrected chi connectivity index (χ3v) is 1.96. The molecule has 0 radical (unpaired) electrons. The number of aromatic nitrogens is 2. The molecule has 3 nitrogen and oxygen atoms in total. The fourth-order valence-corrected chi connectivity index (χ4v) is 1.39. The average Bonchev–Trinajstić information content (AvgIpc) is 2.47. The van der Waals surface area contributed by atoms with Gasteiger partial charge in [0.2, 0.25) is 0 Å². The molecule has 0 atom stereocenters. The van der Waals surface area contributed by atoms with E-state index in [2.05, 4.69) is 21.5 Å². The van der Waals surface area contributed by atoms with Gasteiger partial charge in [-0.3, -0.25) is 4.99 Å². The maximum atomic E-state index is 4.29. The van der Waals surface area contributed by atoms with E-state index >= 15 is 0 Å². The van der Waals surface area contributed by atoms with Crippen molar-refractivity contribution in [2.24, 2.45) is 4.99 Å². The van der Waals surface area contributed by atoms with Crippen molar-refractivity contribution >= 4 is 6.21 Å². The Morgan fingerprint density at radius 2 is 2.55 bits per heavy atom. The minimum absolute atomic E-state index is 0.899. The number of hydrogen-bond acceptors (Lipinski definition) is 2. The number of aliphatic imine (C=N–C) groups is 1. The van der Waals surface area contributed by atoms with Crippen molar-refractivity contribution in [1.82, 2.24) is 9.55 Å². The average molecular weight is 149 g/mol. The van der Waals surface area contributed by atoms with E-state index in [-0.39, 0.29) is 0 Å². The van der Waals surface area contributed by atoms with Crippen LogP contribution in [0.1, 0.15) is 18.4 Å². The molecule has 2 heterocycles. The summed E-state index contributed by atoms with van der Waals surface area (Å²) in [5.41, 5.74) is 1.15. The monoisotopic (exact) mass is 149 g/mol. The van der Waals surface area contributed by atoms with Gasteiger partial charge in [-0.2, -0.15) is 0 Å². The van der Waals surface area contributed by atoms with Gasteiger partial charge in [-0.15, -0.1) is 0 Å². The van der Waals surface area contributed by atoms with Gasteiger partial charge in [0.05, 0.1) is 18.4 Å². The summed E-state index contributed by atoms with van der Waals surface area (Å²) in [4.78, 5) is 8.47. The SMILES string of the molecule is CCc1ncc2n1CCN=C2. The number of fused-ring (bicyclic) bond motifs is 1. The lowest BCUT2D eigenvalue weighted by molar-refractivity contribution is 0.652. The molecule has 0 amide bonds. The minimum Gasteiger partial charge on any atom is -0.325 e. The molecule has 1 aliphatic rings. The van der Waals surface area contributed by atoms with E-state index < -0.39 is 0 Å². The molecule has 1 aliphatic heterocycles. The van der Waals surface area contributed by atoms with Crippen LogP contribution in [-0.4, -0.2) is 22.3 Å². The Labute approximate surface area is 65.8 Å². The van der Waals surface area contributed by atoms with Crippen molar-refractivity contribution in [1.29, 1.82) is 0 Å². The highest BCUT2D eigenvalue weighted by Gasteiger charge is 2.08. The number of nitrogens with zero attached hydrogens (tertiary/aromatic N) is 3. The smallest absolute Gasteiger partial charge is 0.108 e. The zero-order valence-electron chi connectivity index (χ0n) is 6.62. The molecule has 0 saturated carbocycles. The van der Waals surface area contributed by atoms with Crippen LogP contribution < -0.4 is 0 Å². The summed E-state index contributed by atoms with van der Waals surface area (Å²) < 4.78 is 2.23. The van der Waals surface area contributed by atoms with Crippen LogP contribution in [0.4, 0.5) is 0 Å². The first kappa shape index (κ1) is 6.58. The topological polar surface area (TPSA) is 30.2 Å². The van der Waals surface area contributed by atoms with Gasteiger partial charge >= 0.3 is 0 Å². The lowest BCUT2D eigenvalue weighted by atomic mass is 10.4. The first-order valence-electron chi connectivity index (χ1n) is 3.96. The van der Waals surface area contributed by atoms with E-state index in [1.165, 1.54) is 5.82 Å². The Bertz CT molecular complexity index is 286. The molecule has 0 saturated heterocycles. The summed E-state index contributed by atoms with van der Waals surface area (Å²) in [6, 6.07) is 0. The zero-order valence-corrected chi connectivity index (χ0v) is 6.62. The zero-order chi connectivity index (χ0) is 7.68. The highest BCUT2D eigenvalue weighted by Crippen LogP contribution is 2.07.